The molecule has 21 heavy (non-hydrogen) atoms. The third-order valence-electron chi connectivity index (χ3n) is 2.93. The fraction of sp³-hybridized carbons (Fsp3) is 0.667. The van der Waals surface area contributed by atoms with Crippen LogP contribution in [0.4, 0.5) is 13.2 Å². The number of halogens is 3. The quantitative estimate of drug-likeness (QED) is 0.709. The van der Waals surface area contributed by atoms with E-state index in [0.717, 1.165) is 18.7 Å². The van der Waals surface area contributed by atoms with Crippen LogP contribution in [0, 0.1) is 0 Å². The van der Waals surface area contributed by atoms with Crippen LogP contribution in [0.25, 0.3) is 0 Å². The lowest BCUT2D eigenvalue weighted by atomic mass is 10.2. The van der Waals surface area contributed by atoms with Crippen molar-refractivity contribution in [2.75, 3.05) is 19.6 Å². The van der Waals surface area contributed by atoms with Crippen LogP contribution in [0.2, 0.25) is 0 Å². The van der Waals surface area contributed by atoms with E-state index in [9.17, 15) is 13.2 Å². The van der Waals surface area contributed by atoms with E-state index in [-0.39, 0.29) is 6.54 Å². The summed E-state index contributed by atoms with van der Waals surface area (Å²) < 4.78 is 37.6. The van der Waals surface area contributed by atoms with Gasteiger partial charge in [0.05, 0.1) is 17.9 Å². The van der Waals surface area contributed by atoms with Crippen molar-refractivity contribution >= 4 is 0 Å². The lowest BCUT2D eigenvalue weighted by Crippen LogP contribution is -2.34. The molecule has 1 heterocycles. The van der Waals surface area contributed by atoms with Gasteiger partial charge in [-0.15, -0.1) is 0 Å². The molecule has 0 aliphatic heterocycles. The van der Waals surface area contributed by atoms with Gasteiger partial charge in [-0.3, -0.25) is 9.88 Å². The van der Waals surface area contributed by atoms with E-state index in [1.165, 1.54) is 4.90 Å². The van der Waals surface area contributed by atoms with Crippen molar-refractivity contribution in [1.82, 2.24) is 15.2 Å². The molecule has 1 aromatic rings. The topological polar surface area (TPSA) is 28.2 Å². The zero-order valence-electron chi connectivity index (χ0n) is 12.7. The molecule has 0 spiro atoms. The van der Waals surface area contributed by atoms with Crippen molar-refractivity contribution in [3.63, 3.8) is 0 Å². The molecular formula is C15H24F3N3. The zero-order chi connectivity index (χ0) is 15.7. The Labute approximate surface area is 124 Å². The predicted molar refractivity (Wildman–Crippen MR) is 77.9 cm³/mol. The number of alkyl halides is 3. The van der Waals surface area contributed by atoms with Crippen molar-refractivity contribution in [3.8, 4) is 0 Å². The van der Waals surface area contributed by atoms with Crippen molar-refractivity contribution in [1.29, 1.82) is 0 Å². The maximum absolute atomic E-state index is 12.5. The molecular weight excluding hydrogens is 279 g/mol. The lowest BCUT2D eigenvalue weighted by molar-refractivity contribution is -0.147. The fourth-order valence-electron chi connectivity index (χ4n) is 2.12. The maximum Gasteiger partial charge on any atom is 0.401 e. The molecule has 0 aromatic carbocycles. The van der Waals surface area contributed by atoms with Gasteiger partial charge in [-0.1, -0.05) is 19.9 Å². The highest BCUT2D eigenvalue weighted by molar-refractivity contribution is 5.11. The molecule has 0 aliphatic carbocycles. The Balaban J connectivity index is 2.63. The van der Waals surface area contributed by atoms with Gasteiger partial charge >= 0.3 is 6.18 Å². The first-order valence-electron chi connectivity index (χ1n) is 7.39. The van der Waals surface area contributed by atoms with Crippen LogP contribution in [0.1, 0.15) is 38.1 Å². The highest BCUT2D eigenvalue weighted by atomic mass is 19.4. The standard InChI is InChI=1S/C15H24F3N3/c1-3-8-19-10-13-6-5-7-14(20-13)11-21(9-4-2)12-15(16,17)18/h5-7,19H,3-4,8-12H2,1-2H3. The average molecular weight is 303 g/mol. The normalized spacial score (nSPS) is 12.1. The number of nitrogens with zero attached hydrogens (tertiary/aromatic N) is 2. The first-order valence-corrected chi connectivity index (χ1v) is 7.39. The number of pyridine rings is 1. The SMILES string of the molecule is CCCNCc1cccc(CN(CCC)CC(F)(F)F)n1. The van der Waals surface area contributed by atoms with Gasteiger partial charge in [-0.05, 0) is 38.1 Å². The minimum absolute atomic E-state index is 0.231. The Kier molecular flexibility index (Phi) is 7.67. The van der Waals surface area contributed by atoms with Crippen molar-refractivity contribution < 1.29 is 13.2 Å². The highest BCUT2D eigenvalue weighted by Crippen LogP contribution is 2.18. The molecule has 1 N–H and O–H groups in total. The summed E-state index contributed by atoms with van der Waals surface area (Å²) >= 11 is 0. The third-order valence-corrected chi connectivity index (χ3v) is 2.93. The zero-order valence-corrected chi connectivity index (χ0v) is 12.7. The second-order valence-corrected chi connectivity index (χ2v) is 5.12. The van der Waals surface area contributed by atoms with Gasteiger partial charge in [-0.25, -0.2) is 0 Å². The second kappa shape index (κ2) is 9.00. The lowest BCUT2D eigenvalue weighted by Gasteiger charge is -2.22. The molecule has 0 fully saturated rings. The Morgan fingerprint density at radius 1 is 1.14 bits per heavy atom. The van der Waals surface area contributed by atoms with Gasteiger partial charge in [0.15, 0.2) is 0 Å². The van der Waals surface area contributed by atoms with Crippen molar-refractivity contribution in [3.05, 3.63) is 29.6 Å². The Hall–Kier alpha value is -1.14. The Morgan fingerprint density at radius 3 is 2.48 bits per heavy atom. The Morgan fingerprint density at radius 2 is 1.86 bits per heavy atom. The third kappa shape index (κ3) is 8.02. The van der Waals surface area contributed by atoms with Crippen LogP contribution in [-0.4, -0.2) is 35.7 Å². The predicted octanol–water partition coefficient (Wildman–Crippen LogP) is 3.36. The summed E-state index contributed by atoms with van der Waals surface area (Å²) in [7, 11) is 0. The summed E-state index contributed by atoms with van der Waals surface area (Å²) in [6, 6.07) is 5.52. The summed E-state index contributed by atoms with van der Waals surface area (Å²) in [4.78, 5) is 5.82. The van der Waals surface area contributed by atoms with Crippen LogP contribution >= 0.6 is 0 Å². The minimum atomic E-state index is -4.17. The second-order valence-electron chi connectivity index (χ2n) is 5.12. The monoisotopic (exact) mass is 303 g/mol. The molecule has 0 amide bonds. The first kappa shape index (κ1) is 17.9. The number of nitrogens with one attached hydrogen (secondary N) is 1. The molecule has 0 atom stereocenters. The van der Waals surface area contributed by atoms with E-state index in [1.807, 2.05) is 19.1 Å². The maximum atomic E-state index is 12.5. The van der Waals surface area contributed by atoms with E-state index >= 15 is 0 Å². The molecule has 0 aliphatic rings. The summed E-state index contributed by atoms with van der Waals surface area (Å²) in [6.45, 7) is 5.27. The number of hydrogen-bond donors (Lipinski definition) is 1. The van der Waals surface area contributed by atoms with Gasteiger partial charge < -0.3 is 5.32 Å². The summed E-state index contributed by atoms with van der Waals surface area (Å²) in [5.41, 5.74) is 1.55. The molecule has 120 valence electrons. The van der Waals surface area contributed by atoms with E-state index < -0.39 is 12.7 Å². The first-order chi connectivity index (χ1) is 9.94. The van der Waals surface area contributed by atoms with Crippen molar-refractivity contribution in [2.24, 2.45) is 0 Å². The number of hydrogen-bond acceptors (Lipinski definition) is 3. The molecule has 6 heteroatoms. The minimum Gasteiger partial charge on any atom is -0.311 e. The van der Waals surface area contributed by atoms with E-state index in [4.69, 9.17) is 0 Å². The summed E-state index contributed by atoms with van der Waals surface area (Å²) in [5.74, 6) is 0. The largest absolute Gasteiger partial charge is 0.401 e. The fourth-order valence-corrected chi connectivity index (χ4v) is 2.12. The number of aromatic nitrogens is 1. The van der Waals surface area contributed by atoms with Gasteiger partial charge in [0.1, 0.15) is 0 Å². The highest BCUT2D eigenvalue weighted by Gasteiger charge is 2.30. The van der Waals surface area contributed by atoms with Crippen molar-refractivity contribution in [2.45, 2.75) is 46.0 Å². The number of rotatable bonds is 9. The molecule has 0 radical (unpaired) electrons. The molecule has 0 unspecified atom stereocenters. The molecule has 0 saturated heterocycles. The smallest absolute Gasteiger partial charge is 0.311 e. The molecule has 0 saturated carbocycles. The summed E-state index contributed by atoms with van der Waals surface area (Å²) in [5, 5.41) is 3.24. The van der Waals surface area contributed by atoms with Crippen LogP contribution in [-0.2, 0) is 13.1 Å². The van der Waals surface area contributed by atoms with E-state index in [2.05, 4.69) is 17.2 Å². The molecule has 1 aromatic heterocycles. The molecule has 3 nitrogen and oxygen atoms in total. The van der Waals surface area contributed by atoms with Crippen LogP contribution in [0.5, 0.6) is 0 Å². The molecule has 0 bridgehead atoms. The Bertz CT molecular complexity index is 407. The van der Waals surface area contributed by atoms with Gasteiger partial charge in [0, 0.05) is 13.1 Å². The van der Waals surface area contributed by atoms with E-state index in [0.29, 0.717) is 25.2 Å². The van der Waals surface area contributed by atoms with Gasteiger partial charge in [-0.2, -0.15) is 13.2 Å². The van der Waals surface area contributed by atoms with Crippen LogP contribution in [0.3, 0.4) is 0 Å². The van der Waals surface area contributed by atoms with Gasteiger partial charge in [0.2, 0.25) is 0 Å². The van der Waals surface area contributed by atoms with E-state index in [1.54, 1.807) is 6.07 Å². The average Bonchev–Trinajstić information content (AvgIpc) is 2.38. The van der Waals surface area contributed by atoms with Gasteiger partial charge in [0.25, 0.3) is 0 Å². The van der Waals surface area contributed by atoms with Crippen LogP contribution < -0.4 is 5.32 Å². The summed E-state index contributed by atoms with van der Waals surface area (Å²) in [6.07, 6.45) is -2.45. The van der Waals surface area contributed by atoms with Crippen LogP contribution in [0.15, 0.2) is 18.2 Å². The molecule has 1 rings (SSSR count).